The highest BCUT2D eigenvalue weighted by molar-refractivity contribution is 7.80. The van der Waals surface area contributed by atoms with E-state index >= 15 is 0 Å². The Labute approximate surface area is 139 Å². The van der Waals surface area contributed by atoms with Gasteiger partial charge in [0.25, 0.3) is 0 Å². The average Bonchev–Trinajstić information content (AvgIpc) is 2.88. The fourth-order valence-corrected chi connectivity index (χ4v) is 2.57. The van der Waals surface area contributed by atoms with Gasteiger partial charge in [0.1, 0.15) is 0 Å². The molecule has 0 aliphatic carbocycles. The molecule has 0 saturated carbocycles. The maximum Gasteiger partial charge on any atom is 0.491 e. The Balaban J connectivity index is 2.17. The van der Waals surface area contributed by atoms with Gasteiger partial charge < -0.3 is 9.31 Å². The Morgan fingerprint density at radius 2 is 1.91 bits per heavy atom. The lowest BCUT2D eigenvalue weighted by atomic mass is 9.78. The molecule has 1 fully saturated rings. The third-order valence-electron chi connectivity index (χ3n) is 4.30. The lowest BCUT2D eigenvalue weighted by Gasteiger charge is -2.32. The summed E-state index contributed by atoms with van der Waals surface area (Å²) in [5.74, 6) is 1.16. The highest BCUT2D eigenvalue weighted by atomic mass is 32.1. The Morgan fingerprint density at radius 1 is 1.32 bits per heavy atom. The maximum absolute atomic E-state index is 6.09. The summed E-state index contributed by atoms with van der Waals surface area (Å²) >= 11 is 4.44. The monoisotopic (exact) mass is 322 g/mol. The molecule has 22 heavy (non-hydrogen) atoms. The number of aromatic nitrogens is 2. The van der Waals surface area contributed by atoms with Gasteiger partial charge in [-0.15, -0.1) is 0 Å². The molecule has 0 radical (unpaired) electrons. The molecule has 1 aliphatic heterocycles. The molecule has 1 aromatic rings. The SMILES string of the molecule is CC(C)Cn1cc(C=C(CS)B2OC(C)(C)C(C)(C)O2)cn1. The fraction of sp³-hybridized carbons (Fsp3) is 0.688. The maximum atomic E-state index is 6.09. The average molecular weight is 322 g/mol. The van der Waals surface area contributed by atoms with Crippen molar-refractivity contribution < 1.29 is 9.31 Å². The number of hydrogen-bond acceptors (Lipinski definition) is 4. The van der Waals surface area contributed by atoms with Crippen molar-refractivity contribution in [2.75, 3.05) is 5.75 Å². The number of hydrogen-bond donors (Lipinski definition) is 1. The molecule has 0 unspecified atom stereocenters. The van der Waals surface area contributed by atoms with E-state index in [4.69, 9.17) is 9.31 Å². The van der Waals surface area contributed by atoms with E-state index in [-0.39, 0.29) is 18.3 Å². The third-order valence-corrected chi connectivity index (χ3v) is 4.66. The molecule has 1 aromatic heterocycles. The summed E-state index contributed by atoms with van der Waals surface area (Å²) in [6.07, 6.45) is 5.99. The van der Waals surface area contributed by atoms with Crippen LogP contribution in [0.25, 0.3) is 6.08 Å². The summed E-state index contributed by atoms with van der Waals surface area (Å²) in [7, 11) is -0.351. The zero-order valence-electron chi connectivity index (χ0n) is 14.5. The van der Waals surface area contributed by atoms with E-state index in [1.54, 1.807) is 0 Å². The summed E-state index contributed by atoms with van der Waals surface area (Å²) in [6.45, 7) is 13.5. The van der Waals surface area contributed by atoms with Crippen molar-refractivity contribution in [3.8, 4) is 0 Å². The molecule has 1 saturated heterocycles. The molecular weight excluding hydrogens is 295 g/mol. The molecule has 1 aliphatic rings. The molecule has 2 heterocycles. The van der Waals surface area contributed by atoms with Crippen LogP contribution in [0.3, 0.4) is 0 Å². The van der Waals surface area contributed by atoms with Crippen LogP contribution in [0.4, 0.5) is 0 Å². The second-order valence-electron chi connectivity index (χ2n) is 7.36. The summed E-state index contributed by atoms with van der Waals surface area (Å²) in [5, 5.41) is 4.39. The predicted octanol–water partition coefficient (Wildman–Crippen LogP) is 3.48. The van der Waals surface area contributed by atoms with Gasteiger partial charge in [0.2, 0.25) is 0 Å². The molecule has 2 rings (SSSR count). The Bertz CT molecular complexity index is 536. The highest BCUT2D eigenvalue weighted by Gasteiger charge is 2.52. The zero-order chi connectivity index (χ0) is 16.5. The molecule has 0 spiro atoms. The minimum absolute atomic E-state index is 0.332. The highest BCUT2D eigenvalue weighted by Crippen LogP contribution is 2.38. The van der Waals surface area contributed by atoms with Gasteiger partial charge in [-0.25, -0.2) is 0 Å². The molecular formula is C16H27BN2O2S. The molecule has 0 aromatic carbocycles. The van der Waals surface area contributed by atoms with Crippen LogP contribution in [-0.2, 0) is 15.9 Å². The van der Waals surface area contributed by atoms with E-state index in [1.165, 1.54) is 0 Å². The van der Waals surface area contributed by atoms with Crippen molar-refractivity contribution in [3.05, 3.63) is 23.4 Å². The van der Waals surface area contributed by atoms with Gasteiger partial charge in [-0.1, -0.05) is 19.9 Å². The van der Waals surface area contributed by atoms with Crippen LogP contribution < -0.4 is 0 Å². The van der Waals surface area contributed by atoms with Crippen LogP contribution in [0, 0.1) is 5.92 Å². The minimum Gasteiger partial charge on any atom is -0.400 e. The van der Waals surface area contributed by atoms with Crippen LogP contribution in [0.5, 0.6) is 0 Å². The van der Waals surface area contributed by atoms with E-state index in [2.05, 4.69) is 71.5 Å². The molecule has 0 atom stereocenters. The first kappa shape index (κ1) is 17.6. The molecule has 0 amide bonds. The van der Waals surface area contributed by atoms with Gasteiger partial charge >= 0.3 is 7.12 Å². The Hall–Kier alpha value is -0.715. The van der Waals surface area contributed by atoms with Crippen LogP contribution in [-0.4, -0.2) is 33.9 Å². The van der Waals surface area contributed by atoms with Crippen molar-refractivity contribution in [2.45, 2.75) is 59.3 Å². The second kappa shape index (κ2) is 6.42. The minimum atomic E-state index is -0.351. The van der Waals surface area contributed by atoms with Crippen LogP contribution in [0.15, 0.2) is 17.9 Å². The third kappa shape index (κ3) is 3.78. The smallest absolute Gasteiger partial charge is 0.400 e. The van der Waals surface area contributed by atoms with Gasteiger partial charge in [-0.05, 0) is 39.1 Å². The van der Waals surface area contributed by atoms with Crippen LogP contribution in [0.1, 0.15) is 47.1 Å². The van der Waals surface area contributed by atoms with Gasteiger partial charge in [0.15, 0.2) is 0 Å². The molecule has 122 valence electrons. The van der Waals surface area contributed by atoms with E-state index in [0.717, 1.165) is 17.6 Å². The summed E-state index contributed by atoms with van der Waals surface area (Å²) < 4.78 is 14.2. The van der Waals surface area contributed by atoms with Crippen molar-refractivity contribution >= 4 is 25.8 Å². The van der Waals surface area contributed by atoms with E-state index in [1.807, 2.05) is 10.9 Å². The van der Waals surface area contributed by atoms with E-state index in [9.17, 15) is 0 Å². The van der Waals surface area contributed by atoms with Gasteiger partial charge in [0.05, 0.1) is 17.4 Å². The van der Waals surface area contributed by atoms with Crippen LogP contribution >= 0.6 is 12.6 Å². The van der Waals surface area contributed by atoms with Gasteiger partial charge in [-0.3, -0.25) is 4.68 Å². The van der Waals surface area contributed by atoms with Crippen molar-refractivity contribution in [3.63, 3.8) is 0 Å². The van der Waals surface area contributed by atoms with Crippen LogP contribution in [0.2, 0.25) is 0 Å². The normalized spacial score (nSPS) is 20.9. The lowest BCUT2D eigenvalue weighted by molar-refractivity contribution is 0.00578. The quantitative estimate of drug-likeness (QED) is 0.666. The molecule has 0 N–H and O–H groups in total. The predicted molar refractivity (Wildman–Crippen MR) is 95.0 cm³/mol. The fourth-order valence-electron chi connectivity index (χ4n) is 2.32. The topological polar surface area (TPSA) is 36.3 Å². The van der Waals surface area contributed by atoms with Crippen molar-refractivity contribution in [2.24, 2.45) is 5.92 Å². The molecule has 4 nitrogen and oxygen atoms in total. The van der Waals surface area contributed by atoms with Gasteiger partial charge in [-0.2, -0.15) is 17.7 Å². The number of rotatable bonds is 5. The first-order valence-corrected chi connectivity index (χ1v) is 8.47. The lowest BCUT2D eigenvalue weighted by Crippen LogP contribution is -2.41. The second-order valence-corrected chi connectivity index (χ2v) is 7.67. The van der Waals surface area contributed by atoms with Crippen molar-refractivity contribution in [1.82, 2.24) is 9.78 Å². The largest absolute Gasteiger partial charge is 0.491 e. The first-order chi connectivity index (χ1) is 10.1. The number of thiol groups is 1. The van der Waals surface area contributed by atoms with Gasteiger partial charge in [0, 0.05) is 24.1 Å². The summed E-state index contributed by atoms with van der Waals surface area (Å²) in [5.41, 5.74) is 1.41. The Kier molecular flexibility index (Phi) is 5.14. The van der Waals surface area contributed by atoms with Crippen molar-refractivity contribution in [1.29, 1.82) is 0 Å². The molecule has 6 heteroatoms. The first-order valence-electron chi connectivity index (χ1n) is 7.84. The number of nitrogens with zero attached hydrogens (tertiary/aromatic N) is 2. The summed E-state index contributed by atoms with van der Waals surface area (Å²) in [6, 6.07) is 0. The Morgan fingerprint density at radius 3 is 2.41 bits per heavy atom. The zero-order valence-corrected chi connectivity index (χ0v) is 15.4. The van der Waals surface area contributed by atoms with E-state index < -0.39 is 0 Å². The van der Waals surface area contributed by atoms with E-state index in [0.29, 0.717) is 11.7 Å². The molecule has 0 bridgehead atoms. The standard InChI is InChI=1S/C16H27BN2O2S/c1-12(2)9-19-10-13(8-18-19)7-14(11-22)17-20-15(3,4)16(5,6)21-17/h7-8,10,12,22H,9,11H2,1-6H3. The summed E-state index contributed by atoms with van der Waals surface area (Å²) in [4.78, 5) is 0.